The quantitative estimate of drug-likeness (QED) is 0.0662. The third kappa shape index (κ3) is 8.10. The highest BCUT2D eigenvalue weighted by Gasteiger charge is 2.66. The van der Waals surface area contributed by atoms with Crippen LogP contribution in [0.2, 0.25) is 0 Å². The van der Waals surface area contributed by atoms with Crippen LogP contribution in [-0.2, 0) is 36.7 Å². The molecule has 5 heterocycles. The summed E-state index contributed by atoms with van der Waals surface area (Å²) in [5, 5.41) is 18.5. The summed E-state index contributed by atoms with van der Waals surface area (Å²) in [6.45, 7) is 14.4. The van der Waals surface area contributed by atoms with Gasteiger partial charge in [-0.3, -0.25) is 8.86 Å². The van der Waals surface area contributed by atoms with Crippen LogP contribution in [0, 0.1) is 43.9 Å². The van der Waals surface area contributed by atoms with Gasteiger partial charge in [-0.1, -0.05) is 48.9 Å². The molecule has 4 bridgehead atoms. The Balaban J connectivity index is 0.883. The molecule has 2 atom stereocenters. The number of hydrogen-bond donors (Lipinski definition) is 1. The average molecular weight is 917 g/mol. The van der Waals surface area contributed by atoms with Crippen LogP contribution in [0.1, 0.15) is 97.2 Å². The van der Waals surface area contributed by atoms with E-state index < -0.39 is 16.1 Å². The van der Waals surface area contributed by atoms with Gasteiger partial charge in [-0.25, -0.2) is 14.8 Å². The molecule has 6 aromatic rings. The van der Waals surface area contributed by atoms with E-state index in [1.165, 1.54) is 7.11 Å². The molecule has 0 saturated heterocycles. The van der Waals surface area contributed by atoms with Crippen LogP contribution >= 0.6 is 11.3 Å². The number of thiazole rings is 1. The Morgan fingerprint density at radius 2 is 1.62 bits per heavy atom. The number of nitrogens with zero attached hydrogens (tertiary/aromatic N) is 7. The molecular formula is C49H56N8O6S2. The van der Waals surface area contributed by atoms with Gasteiger partial charge in [0.2, 0.25) is 0 Å². The molecule has 4 aliphatic carbocycles. The summed E-state index contributed by atoms with van der Waals surface area (Å²) in [6, 6.07) is 16.8. The van der Waals surface area contributed by atoms with Crippen molar-refractivity contribution in [3.8, 4) is 11.1 Å². The van der Waals surface area contributed by atoms with Crippen LogP contribution in [0.5, 0.6) is 0 Å². The first-order chi connectivity index (χ1) is 31.0. The number of pyridine rings is 1. The van der Waals surface area contributed by atoms with Gasteiger partial charge in [0.1, 0.15) is 5.82 Å². The van der Waals surface area contributed by atoms with Crippen LogP contribution in [0.4, 0.5) is 22.6 Å². The number of nitrogens with one attached hydrogen (secondary N) is 1. The summed E-state index contributed by atoms with van der Waals surface area (Å²) in [4.78, 5) is 25.5. The number of methoxy groups -OCH3 is 1. The fourth-order valence-corrected chi connectivity index (χ4v) is 14.4. The van der Waals surface area contributed by atoms with Crippen LogP contribution in [0.25, 0.3) is 21.3 Å². The lowest BCUT2D eigenvalue weighted by molar-refractivity contribution is -0.249. The number of hydrogen-bond acceptors (Lipinski definition) is 14. The minimum Gasteiger partial charge on any atom is -0.464 e. The number of anilines is 4. The summed E-state index contributed by atoms with van der Waals surface area (Å²) in [5.74, 6) is 1.45. The lowest BCUT2D eigenvalue weighted by Gasteiger charge is -2.69. The zero-order chi connectivity index (χ0) is 45.5. The number of aromatic nitrogens is 6. The summed E-state index contributed by atoms with van der Waals surface area (Å²) >= 11 is 1.58. The van der Waals surface area contributed by atoms with Crippen molar-refractivity contribution in [2.45, 2.75) is 110 Å². The van der Waals surface area contributed by atoms with Crippen molar-refractivity contribution in [2.75, 3.05) is 37.1 Å². The van der Waals surface area contributed by atoms with Gasteiger partial charge in [-0.2, -0.15) is 13.5 Å². The fraction of sp³-hybridized carbons (Fsp3) is 0.469. The topological polar surface area (TPSA) is 164 Å². The molecule has 0 spiro atoms. The van der Waals surface area contributed by atoms with Gasteiger partial charge in [0.05, 0.1) is 47.2 Å². The zero-order valence-electron chi connectivity index (χ0n) is 38.2. The molecular weight excluding hydrogens is 861 g/mol. The fourth-order valence-electron chi connectivity index (χ4n) is 12.7. The van der Waals surface area contributed by atoms with Crippen molar-refractivity contribution in [1.29, 1.82) is 0 Å². The minimum atomic E-state index is -3.89. The van der Waals surface area contributed by atoms with Gasteiger partial charge in [-0.15, -0.1) is 10.2 Å². The standard InChI is InChI=1S/C49H56N8O6S2/c1-30-10-13-34(14-11-30)65(59,60)63-20-19-62-49-26-46(5)23-47(6,27-49)25-48(24-46,28-49)29-57-33(4)37(22-50-57)36-15-17-40(52-41(36)44(58)61-7)56-18-8-9-35-32(3)42(54-55-43(35)56)53-45-51-38-21-31(2)12-16-39(38)64-45/h10-17,21-22H,8-9,18-20,23-29H2,1-7H3,(H,51,53,54). The Morgan fingerprint density at radius 3 is 2.37 bits per heavy atom. The van der Waals surface area contributed by atoms with Gasteiger partial charge in [0, 0.05) is 41.0 Å². The molecule has 65 heavy (non-hydrogen) atoms. The molecule has 4 aromatic heterocycles. The maximum atomic E-state index is 13.6. The molecule has 0 amide bonds. The number of fused-ring (bicyclic) bond motifs is 2. The minimum absolute atomic E-state index is 0.0450. The van der Waals surface area contributed by atoms with Crippen LogP contribution < -0.4 is 10.2 Å². The molecule has 0 radical (unpaired) electrons. The van der Waals surface area contributed by atoms with Crippen molar-refractivity contribution < 1.29 is 26.9 Å². The average Bonchev–Trinajstić information content (AvgIpc) is 3.82. The second-order valence-corrected chi connectivity index (χ2v) is 22.7. The third-order valence-electron chi connectivity index (χ3n) is 14.3. The predicted octanol–water partition coefficient (Wildman–Crippen LogP) is 9.73. The number of benzene rings is 2. The van der Waals surface area contributed by atoms with Gasteiger partial charge < -0.3 is 19.7 Å². The first kappa shape index (κ1) is 43.6. The van der Waals surface area contributed by atoms with Gasteiger partial charge in [0.15, 0.2) is 22.5 Å². The second kappa shape index (κ2) is 16.0. The van der Waals surface area contributed by atoms with E-state index in [1.54, 1.807) is 35.6 Å². The Morgan fingerprint density at radius 1 is 0.862 bits per heavy atom. The van der Waals surface area contributed by atoms with Crippen LogP contribution in [0.3, 0.4) is 0 Å². The molecule has 11 rings (SSSR count). The van der Waals surface area contributed by atoms with Crippen molar-refractivity contribution in [3.63, 3.8) is 0 Å². The Hall–Kier alpha value is -5.29. The SMILES string of the molecule is COC(=O)c1nc(N2CCCc3c2nnc(Nc2nc4cc(C)ccc4s2)c3C)ccc1-c1cnn(CC23CC4(C)CC(C)(C2)CC(OCCOS(=O)(=O)c2ccc(C)cc2)(C4)C3)c1C. The molecule has 340 valence electrons. The number of rotatable bonds is 13. The maximum Gasteiger partial charge on any atom is 0.357 e. The summed E-state index contributed by atoms with van der Waals surface area (Å²) < 4.78 is 46.7. The van der Waals surface area contributed by atoms with E-state index in [2.05, 4.69) is 67.9 Å². The van der Waals surface area contributed by atoms with E-state index in [1.807, 2.05) is 30.2 Å². The number of carbonyl (C=O) groups excluding carboxylic acids is 1. The van der Waals surface area contributed by atoms with Crippen molar-refractivity contribution in [1.82, 2.24) is 29.9 Å². The van der Waals surface area contributed by atoms with E-state index in [4.69, 9.17) is 33.8 Å². The number of ether oxygens (including phenoxy) is 2. The molecule has 4 fully saturated rings. The second-order valence-electron chi connectivity index (χ2n) is 20.0. The molecule has 4 saturated carbocycles. The summed E-state index contributed by atoms with van der Waals surface area (Å²) in [5.41, 5.74) is 7.47. The largest absolute Gasteiger partial charge is 0.464 e. The van der Waals surface area contributed by atoms with E-state index in [9.17, 15) is 13.2 Å². The number of esters is 1. The van der Waals surface area contributed by atoms with Gasteiger partial charge in [-0.05, 0) is 137 Å². The highest BCUT2D eigenvalue weighted by molar-refractivity contribution is 7.86. The molecule has 16 heteroatoms. The first-order valence-corrected chi connectivity index (χ1v) is 24.7. The first-order valence-electron chi connectivity index (χ1n) is 22.5. The normalized spacial score (nSPS) is 24.7. The number of carbonyl (C=O) groups is 1. The summed E-state index contributed by atoms with van der Waals surface area (Å²) in [7, 11) is -2.51. The van der Waals surface area contributed by atoms with E-state index in [0.717, 1.165) is 106 Å². The van der Waals surface area contributed by atoms with E-state index >= 15 is 0 Å². The smallest absolute Gasteiger partial charge is 0.357 e. The molecule has 1 aliphatic heterocycles. The molecule has 2 unspecified atom stereocenters. The molecule has 5 aliphatic rings. The van der Waals surface area contributed by atoms with Gasteiger partial charge >= 0.3 is 5.97 Å². The van der Waals surface area contributed by atoms with Gasteiger partial charge in [0.25, 0.3) is 10.1 Å². The predicted molar refractivity (Wildman–Crippen MR) is 251 cm³/mol. The Kier molecular flexibility index (Phi) is 10.7. The zero-order valence-corrected chi connectivity index (χ0v) is 39.8. The van der Waals surface area contributed by atoms with E-state index in [0.29, 0.717) is 30.3 Å². The molecule has 2 aromatic carbocycles. The van der Waals surface area contributed by atoms with Crippen LogP contribution in [-0.4, -0.2) is 76.8 Å². The van der Waals surface area contributed by atoms with Crippen molar-refractivity contribution >= 4 is 60.2 Å². The molecule has 14 nitrogen and oxygen atoms in total. The third-order valence-corrected chi connectivity index (χ3v) is 16.5. The van der Waals surface area contributed by atoms with E-state index in [-0.39, 0.29) is 45.6 Å². The highest BCUT2D eigenvalue weighted by Crippen LogP contribution is 2.72. The van der Waals surface area contributed by atoms with Crippen molar-refractivity contribution in [2.24, 2.45) is 16.2 Å². The lowest BCUT2D eigenvalue weighted by atomic mass is 9.39. The monoisotopic (exact) mass is 916 g/mol. The highest BCUT2D eigenvalue weighted by atomic mass is 32.2. The summed E-state index contributed by atoms with van der Waals surface area (Å²) in [6.07, 6.45) is 9.50. The number of aryl methyl sites for hydroxylation is 2. The lowest BCUT2D eigenvalue weighted by Crippen LogP contribution is -2.64. The van der Waals surface area contributed by atoms with Crippen molar-refractivity contribution in [3.05, 3.63) is 94.4 Å². The maximum absolute atomic E-state index is 13.6. The van der Waals surface area contributed by atoms with Crippen LogP contribution in [0.15, 0.2) is 65.7 Å². The Bertz CT molecular complexity index is 2950. The Labute approximate surface area is 384 Å². The molecule has 1 N–H and O–H groups in total.